The molecule has 0 bridgehead atoms. The summed E-state index contributed by atoms with van der Waals surface area (Å²) in [5.74, 6) is 1.63. The van der Waals surface area contributed by atoms with Gasteiger partial charge in [0.1, 0.15) is 0 Å². The second kappa shape index (κ2) is 8.80. The van der Waals surface area contributed by atoms with Gasteiger partial charge >= 0.3 is 0 Å². The Morgan fingerprint density at radius 1 is 0.455 bits per heavy atom. The Balaban J connectivity index is 1.73. The molecule has 0 unspecified atom stereocenters. The first kappa shape index (κ1) is 20.2. The van der Waals surface area contributed by atoms with Gasteiger partial charge in [-0.3, -0.25) is 4.90 Å². The van der Waals surface area contributed by atoms with Crippen molar-refractivity contribution in [2.45, 2.75) is 0 Å². The summed E-state index contributed by atoms with van der Waals surface area (Å²) in [6.45, 7) is 0. The molecule has 0 aliphatic rings. The molecule has 1 aromatic heterocycles. The third-order valence-electron chi connectivity index (χ3n) is 5.19. The van der Waals surface area contributed by atoms with E-state index in [1.54, 1.807) is 0 Å². The topological polar surface area (TPSA) is 93.9 Å². The summed E-state index contributed by atoms with van der Waals surface area (Å²) in [6, 6.07) is 35.1. The van der Waals surface area contributed by atoms with Gasteiger partial charge in [0.05, 0.1) is 0 Å². The Bertz CT molecular complexity index is 1250. The van der Waals surface area contributed by atoms with E-state index in [2.05, 4.69) is 0 Å². The molecule has 5 rings (SSSR count). The largest absolute Gasteiger partial charge is 0.399 e. The molecule has 4 aromatic carbocycles. The van der Waals surface area contributed by atoms with E-state index in [0.717, 1.165) is 22.5 Å². The third kappa shape index (κ3) is 4.36. The summed E-state index contributed by atoms with van der Waals surface area (Å²) < 4.78 is 0. The molecule has 5 aromatic rings. The van der Waals surface area contributed by atoms with E-state index in [4.69, 9.17) is 26.4 Å². The SMILES string of the molecule is Nc1ccc(-c2nc(-c3ccc(N)cc3)nc(N(c3ccccc3)c3ccccc3)n2)cc1. The average molecular weight is 431 g/mol. The molecule has 4 N–H and O–H groups in total. The maximum atomic E-state index is 5.90. The highest BCUT2D eigenvalue weighted by atomic mass is 15.3. The molecule has 0 aliphatic carbocycles. The van der Waals surface area contributed by atoms with Crippen molar-refractivity contribution in [2.24, 2.45) is 0 Å². The molecule has 0 fully saturated rings. The van der Waals surface area contributed by atoms with E-state index in [9.17, 15) is 0 Å². The Morgan fingerprint density at radius 3 is 1.24 bits per heavy atom. The molecule has 0 saturated carbocycles. The van der Waals surface area contributed by atoms with E-state index < -0.39 is 0 Å². The van der Waals surface area contributed by atoms with Crippen molar-refractivity contribution in [3.05, 3.63) is 109 Å². The molecule has 1 heterocycles. The van der Waals surface area contributed by atoms with Crippen molar-refractivity contribution in [3.8, 4) is 22.8 Å². The van der Waals surface area contributed by atoms with Gasteiger partial charge in [0.2, 0.25) is 5.95 Å². The van der Waals surface area contributed by atoms with Gasteiger partial charge in [0.15, 0.2) is 11.6 Å². The normalized spacial score (nSPS) is 10.7. The second-order valence-corrected chi connectivity index (χ2v) is 7.53. The van der Waals surface area contributed by atoms with Crippen molar-refractivity contribution in [1.82, 2.24) is 15.0 Å². The maximum Gasteiger partial charge on any atom is 0.238 e. The molecule has 0 radical (unpaired) electrons. The number of nitrogen functional groups attached to an aromatic ring is 2. The smallest absolute Gasteiger partial charge is 0.238 e. The zero-order chi connectivity index (χ0) is 22.6. The lowest BCUT2D eigenvalue weighted by Gasteiger charge is -2.23. The fourth-order valence-corrected chi connectivity index (χ4v) is 3.52. The third-order valence-corrected chi connectivity index (χ3v) is 5.19. The number of benzene rings is 4. The number of para-hydroxylation sites is 2. The van der Waals surface area contributed by atoms with Crippen LogP contribution in [0.25, 0.3) is 22.8 Å². The standard InChI is InChI=1S/C27H22N6/c28-21-15-11-19(12-16-21)25-30-26(20-13-17-22(29)18-14-20)32-27(31-25)33(23-7-3-1-4-8-23)24-9-5-2-6-10-24/h1-18H,28-29H2. The molecule has 0 aliphatic heterocycles. The zero-order valence-corrected chi connectivity index (χ0v) is 17.8. The predicted molar refractivity (Wildman–Crippen MR) is 134 cm³/mol. The minimum absolute atomic E-state index is 0.515. The van der Waals surface area contributed by atoms with Crippen LogP contribution < -0.4 is 16.4 Å². The van der Waals surface area contributed by atoms with Gasteiger partial charge in [0.25, 0.3) is 0 Å². The highest BCUT2D eigenvalue weighted by Crippen LogP contribution is 2.34. The maximum absolute atomic E-state index is 5.90. The molecule has 0 atom stereocenters. The molecular weight excluding hydrogens is 408 g/mol. The first-order valence-corrected chi connectivity index (χ1v) is 10.6. The fraction of sp³-hybridized carbons (Fsp3) is 0. The monoisotopic (exact) mass is 430 g/mol. The minimum atomic E-state index is 0.515. The number of rotatable bonds is 5. The van der Waals surface area contributed by atoms with E-state index in [1.165, 1.54) is 0 Å². The van der Waals surface area contributed by atoms with Gasteiger partial charge in [-0.1, -0.05) is 36.4 Å². The molecule has 6 nitrogen and oxygen atoms in total. The highest BCUT2D eigenvalue weighted by molar-refractivity contribution is 5.75. The van der Waals surface area contributed by atoms with Crippen LogP contribution in [0.5, 0.6) is 0 Å². The number of hydrogen-bond acceptors (Lipinski definition) is 6. The Kier molecular flexibility index (Phi) is 5.39. The van der Waals surface area contributed by atoms with E-state index in [1.807, 2.05) is 114 Å². The molecule has 0 spiro atoms. The van der Waals surface area contributed by atoms with Crippen LogP contribution in [0.3, 0.4) is 0 Å². The molecular formula is C27H22N6. The number of nitrogens with zero attached hydrogens (tertiary/aromatic N) is 4. The van der Waals surface area contributed by atoms with E-state index >= 15 is 0 Å². The second-order valence-electron chi connectivity index (χ2n) is 7.53. The Labute approximate surface area is 192 Å². The van der Waals surface area contributed by atoms with Crippen LogP contribution >= 0.6 is 0 Å². The van der Waals surface area contributed by atoms with Gasteiger partial charge in [-0.15, -0.1) is 0 Å². The molecule has 6 heteroatoms. The fourth-order valence-electron chi connectivity index (χ4n) is 3.52. The van der Waals surface area contributed by atoms with Crippen LogP contribution in [0.1, 0.15) is 0 Å². The summed E-state index contributed by atoms with van der Waals surface area (Å²) in [6.07, 6.45) is 0. The lowest BCUT2D eigenvalue weighted by atomic mass is 10.1. The van der Waals surface area contributed by atoms with Gasteiger partial charge in [-0.2, -0.15) is 9.97 Å². The molecule has 160 valence electrons. The van der Waals surface area contributed by atoms with Crippen molar-refractivity contribution in [1.29, 1.82) is 0 Å². The number of nitrogens with two attached hydrogens (primary N) is 2. The summed E-state index contributed by atoms with van der Waals surface area (Å²) >= 11 is 0. The van der Waals surface area contributed by atoms with Crippen LogP contribution in [-0.4, -0.2) is 15.0 Å². The molecule has 0 saturated heterocycles. The number of anilines is 5. The molecule has 0 amide bonds. The summed E-state index contributed by atoms with van der Waals surface area (Å²) in [4.78, 5) is 16.5. The number of hydrogen-bond donors (Lipinski definition) is 2. The van der Waals surface area contributed by atoms with E-state index in [-0.39, 0.29) is 0 Å². The predicted octanol–water partition coefficient (Wildman–Crippen LogP) is 5.84. The van der Waals surface area contributed by atoms with Crippen molar-refractivity contribution >= 4 is 28.7 Å². The number of aromatic nitrogens is 3. The molecule has 33 heavy (non-hydrogen) atoms. The Hall–Kier alpha value is -4.71. The highest BCUT2D eigenvalue weighted by Gasteiger charge is 2.19. The van der Waals surface area contributed by atoms with Gasteiger partial charge in [-0.25, -0.2) is 4.98 Å². The first-order chi connectivity index (χ1) is 16.2. The van der Waals surface area contributed by atoms with Crippen LogP contribution in [0, 0.1) is 0 Å². The van der Waals surface area contributed by atoms with Gasteiger partial charge in [0, 0.05) is 33.9 Å². The van der Waals surface area contributed by atoms with Crippen molar-refractivity contribution in [3.63, 3.8) is 0 Å². The van der Waals surface area contributed by atoms with Crippen LogP contribution in [0.15, 0.2) is 109 Å². The average Bonchev–Trinajstić information content (AvgIpc) is 2.86. The van der Waals surface area contributed by atoms with Crippen LogP contribution in [0.2, 0.25) is 0 Å². The quantitative estimate of drug-likeness (QED) is 0.340. The van der Waals surface area contributed by atoms with Gasteiger partial charge in [-0.05, 0) is 72.8 Å². The van der Waals surface area contributed by atoms with Crippen LogP contribution in [-0.2, 0) is 0 Å². The summed E-state index contributed by atoms with van der Waals surface area (Å²) in [5, 5.41) is 0. The summed E-state index contributed by atoms with van der Waals surface area (Å²) in [5.41, 5.74) is 16.8. The lowest BCUT2D eigenvalue weighted by molar-refractivity contribution is 1.02. The van der Waals surface area contributed by atoms with Crippen LogP contribution in [0.4, 0.5) is 28.7 Å². The van der Waals surface area contributed by atoms with Gasteiger partial charge < -0.3 is 11.5 Å². The minimum Gasteiger partial charge on any atom is -0.399 e. The lowest BCUT2D eigenvalue weighted by Crippen LogP contribution is -2.15. The zero-order valence-electron chi connectivity index (χ0n) is 17.8. The van der Waals surface area contributed by atoms with Crippen molar-refractivity contribution < 1.29 is 0 Å². The van der Waals surface area contributed by atoms with E-state index in [0.29, 0.717) is 29.0 Å². The first-order valence-electron chi connectivity index (χ1n) is 10.6. The summed E-state index contributed by atoms with van der Waals surface area (Å²) in [7, 11) is 0. The van der Waals surface area contributed by atoms with Crippen molar-refractivity contribution in [2.75, 3.05) is 16.4 Å². The Morgan fingerprint density at radius 2 is 0.848 bits per heavy atom.